The van der Waals surface area contributed by atoms with E-state index in [1.165, 1.54) is 12.5 Å². The molecule has 0 aromatic heterocycles. The first-order valence-corrected chi connectivity index (χ1v) is 6.83. The molecule has 1 aliphatic carbocycles. The zero-order valence-electron chi connectivity index (χ0n) is 10.4. The highest BCUT2D eigenvalue weighted by Gasteiger charge is 2.30. The topological polar surface area (TPSA) is 32.3 Å². The van der Waals surface area contributed by atoms with Crippen molar-refractivity contribution in [2.24, 2.45) is 0 Å². The molecule has 0 bridgehead atoms. The van der Waals surface area contributed by atoms with E-state index in [4.69, 9.17) is 11.6 Å². The molecule has 1 aromatic rings. The fraction of sp³-hybridized carbons (Fsp3) is 0.571. The van der Waals surface area contributed by atoms with Crippen molar-refractivity contribution in [1.29, 1.82) is 0 Å². The fourth-order valence-corrected chi connectivity index (χ4v) is 2.78. The molecule has 100 valence electrons. The Bertz CT molecular complexity index is 405. The molecule has 2 nitrogen and oxygen atoms in total. The van der Waals surface area contributed by atoms with Crippen molar-refractivity contribution in [3.63, 3.8) is 0 Å². The highest BCUT2D eigenvalue weighted by Crippen LogP contribution is 2.29. The van der Waals surface area contributed by atoms with Gasteiger partial charge in [-0.1, -0.05) is 43.0 Å². The van der Waals surface area contributed by atoms with E-state index in [0.29, 0.717) is 6.54 Å². The van der Waals surface area contributed by atoms with E-state index in [9.17, 15) is 9.50 Å². The predicted molar refractivity (Wildman–Crippen MR) is 71.2 cm³/mol. The maximum Gasteiger partial charge on any atom is 0.142 e. The van der Waals surface area contributed by atoms with Gasteiger partial charge < -0.3 is 10.4 Å². The summed E-state index contributed by atoms with van der Waals surface area (Å²) in [5.41, 5.74) is 0.531. The molecule has 1 saturated carbocycles. The molecule has 1 aromatic carbocycles. The van der Waals surface area contributed by atoms with Gasteiger partial charge in [-0.2, -0.15) is 0 Å². The third-order valence-electron chi connectivity index (χ3n) is 3.80. The zero-order chi connectivity index (χ0) is 13.0. The average Bonchev–Trinajstić information content (AvgIpc) is 2.41. The largest absolute Gasteiger partial charge is 0.394 e. The molecule has 4 heteroatoms. The van der Waals surface area contributed by atoms with Crippen LogP contribution in [-0.2, 0) is 6.54 Å². The molecular weight excluding hydrogens is 253 g/mol. The standard InChI is InChI=1S/C14H19ClFNO/c15-13-11(5-4-6-12(13)16)9-17-14(10-18)7-2-1-3-8-14/h4-6,17-18H,1-3,7-10H2. The molecule has 2 N–H and O–H groups in total. The molecule has 0 atom stereocenters. The van der Waals surface area contributed by atoms with Gasteiger partial charge in [-0.05, 0) is 24.5 Å². The van der Waals surface area contributed by atoms with Gasteiger partial charge >= 0.3 is 0 Å². The van der Waals surface area contributed by atoms with Crippen LogP contribution in [0.3, 0.4) is 0 Å². The summed E-state index contributed by atoms with van der Waals surface area (Å²) in [6, 6.07) is 4.82. The average molecular weight is 272 g/mol. The van der Waals surface area contributed by atoms with Crippen LogP contribution in [0.15, 0.2) is 18.2 Å². The van der Waals surface area contributed by atoms with Crippen molar-refractivity contribution in [3.05, 3.63) is 34.6 Å². The molecular formula is C14H19ClFNO. The lowest BCUT2D eigenvalue weighted by molar-refractivity contribution is 0.119. The van der Waals surface area contributed by atoms with Crippen molar-refractivity contribution < 1.29 is 9.50 Å². The lowest BCUT2D eigenvalue weighted by atomic mass is 9.82. The van der Waals surface area contributed by atoms with Crippen molar-refractivity contribution in [1.82, 2.24) is 5.32 Å². The number of aliphatic hydroxyl groups is 1. The minimum Gasteiger partial charge on any atom is -0.394 e. The maximum absolute atomic E-state index is 13.3. The van der Waals surface area contributed by atoms with Gasteiger partial charge in [-0.15, -0.1) is 0 Å². The van der Waals surface area contributed by atoms with E-state index in [2.05, 4.69) is 5.32 Å². The Balaban J connectivity index is 2.03. The van der Waals surface area contributed by atoms with Gasteiger partial charge in [0.1, 0.15) is 5.82 Å². The van der Waals surface area contributed by atoms with Crippen LogP contribution >= 0.6 is 11.6 Å². The molecule has 0 spiro atoms. The van der Waals surface area contributed by atoms with E-state index in [1.807, 2.05) is 6.07 Å². The highest BCUT2D eigenvalue weighted by molar-refractivity contribution is 6.31. The Morgan fingerprint density at radius 2 is 2.00 bits per heavy atom. The molecule has 1 aliphatic rings. The van der Waals surface area contributed by atoms with E-state index in [-0.39, 0.29) is 17.2 Å². The molecule has 0 aliphatic heterocycles. The second-order valence-electron chi connectivity index (χ2n) is 5.07. The van der Waals surface area contributed by atoms with Gasteiger partial charge in [0.05, 0.1) is 11.6 Å². The van der Waals surface area contributed by atoms with Gasteiger partial charge in [-0.3, -0.25) is 0 Å². The summed E-state index contributed by atoms with van der Waals surface area (Å²) >= 11 is 5.92. The van der Waals surface area contributed by atoms with Crippen LogP contribution in [0.25, 0.3) is 0 Å². The highest BCUT2D eigenvalue weighted by atomic mass is 35.5. The monoisotopic (exact) mass is 271 g/mol. The van der Waals surface area contributed by atoms with Gasteiger partial charge in [0.25, 0.3) is 0 Å². The third-order valence-corrected chi connectivity index (χ3v) is 4.22. The second kappa shape index (κ2) is 6.00. The van der Waals surface area contributed by atoms with Gasteiger partial charge in [0, 0.05) is 12.1 Å². The van der Waals surface area contributed by atoms with Crippen molar-refractivity contribution >= 4 is 11.6 Å². The first kappa shape index (κ1) is 13.8. The molecule has 0 heterocycles. The summed E-state index contributed by atoms with van der Waals surface area (Å²) in [5.74, 6) is -0.391. The van der Waals surface area contributed by atoms with Crippen molar-refractivity contribution in [2.45, 2.75) is 44.2 Å². The summed E-state index contributed by atoms with van der Waals surface area (Å²) in [4.78, 5) is 0. The minimum absolute atomic E-state index is 0.125. The number of benzene rings is 1. The predicted octanol–water partition coefficient (Wildman–Crippen LogP) is 3.26. The number of rotatable bonds is 4. The van der Waals surface area contributed by atoms with E-state index in [1.54, 1.807) is 6.07 Å². The smallest absolute Gasteiger partial charge is 0.142 e. The number of halogens is 2. The van der Waals surface area contributed by atoms with Crippen molar-refractivity contribution in [2.75, 3.05) is 6.61 Å². The summed E-state index contributed by atoms with van der Waals surface area (Å²) in [5, 5.41) is 13.1. The number of nitrogens with one attached hydrogen (secondary N) is 1. The Labute approximate surface area is 112 Å². The second-order valence-corrected chi connectivity index (χ2v) is 5.44. The summed E-state index contributed by atoms with van der Waals surface area (Å²) in [6.45, 7) is 0.622. The van der Waals surface area contributed by atoms with E-state index >= 15 is 0 Å². The normalized spacial score (nSPS) is 18.8. The van der Waals surface area contributed by atoms with Crippen LogP contribution in [0.4, 0.5) is 4.39 Å². The molecule has 0 unspecified atom stereocenters. The van der Waals surface area contributed by atoms with Crippen LogP contribution in [0.2, 0.25) is 5.02 Å². The van der Waals surface area contributed by atoms with Crippen LogP contribution in [0.5, 0.6) is 0 Å². The molecule has 0 saturated heterocycles. The Hall–Kier alpha value is -0.640. The lowest BCUT2D eigenvalue weighted by Gasteiger charge is -2.36. The van der Waals surface area contributed by atoms with Crippen LogP contribution in [-0.4, -0.2) is 17.3 Å². The zero-order valence-corrected chi connectivity index (χ0v) is 11.1. The first-order chi connectivity index (χ1) is 8.67. The summed E-state index contributed by atoms with van der Waals surface area (Å²) in [7, 11) is 0. The van der Waals surface area contributed by atoms with Crippen LogP contribution < -0.4 is 5.32 Å². The number of aliphatic hydroxyl groups excluding tert-OH is 1. The van der Waals surface area contributed by atoms with Crippen molar-refractivity contribution in [3.8, 4) is 0 Å². The number of hydrogen-bond acceptors (Lipinski definition) is 2. The summed E-state index contributed by atoms with van der Waals surface area (Å²) < 4.78 is 13.3. The Kier molecular flexibility index (Phi) is 4.60. The van der Waals surface area contributed by atoms with Crippen LogP contribution in [0, 0.1) is 5.82 Å². The molecule has 0 radical (unpaired) electrons. The van der Waals surface area contributed by atoms with Crippen LogP contribution in [0.1, 0.15) is 37.7 Å². The number of hydrogen-bond donors (Lipinski definition) is 2. The van der Waals surface area contributed by atoms with Gasteiger partial charge in [-0.25, -0.2) is 4.39 Å². The summed E-state index contributed by atoms with van der Waals surface area (Å²) in [6.07, 6.45) is 5.42. The quantitative estimate of drug-likeness (QED) is 0.881. The first-order valence-electron chi connectivity index (χ1n) is 6.46. The minimum atomic E-state index is -0.391. The van der Waals surface area contributed by atoms with Gasteiger partial charge in [0.15, 0.2) is 0 Å². The van der Waals surface area contributed by atoms with E-state index < -0.39 is 5.82 Å². The third kappa shape index (κ3) is 3.02. The SMILES string of the molecule is OCC1(NCc2cccc(F)c2Cl)CCCCC1. The van der Waals surface area contributed by atoms with E-state index in [0.717, 1.165) is 31.2 Å². The Morgan fingerprint density at radius 1 is 1.28 bits per heavy atom. The van der Waals surface area contributed by atoms with Gasteiger partial charge in [0.2, 0.25) is 0 Å². The molecule has 18 heavy (non-hydrogen) atoms. The Morgan fingerprint density at radius 3 is 2.67 bits per heavy atom. The molecule has 1 fully saturated rings. The lowest BCUT2D eigenvalue weighted by Crippen LogP contribution is -2.49. The maximum atomic E-state index is 13.3. The molecule has 0 amide bonds. The fourth-order valence-electron chi connectivity index (χ4n) is 2.59. The molecule has 2 rings (SSSR count).